The third-order valence-electron chi connectivity index (χ3n) is 4.13. The Labute approximate surface area is 142 Å². The van der Waals surface area contributed by atoms with Gasteiger partial charge in [-0.3, -0.25) is 9.59 Å². The van der Waals surface area contributed by atoms with Gasteiger partial charge in [0.05, 0.1) is 5.56 Å². The summed E-state index contributed by atoms with van der Waals surface area (Å²) < 4.78 is 41.2. The quantitative estimate of drug-likeness (QED) is 0.925. The number of carbonyl (C=O) groups excluding carboxylic acids is 2. The van der Waals surface area contributed by atoms with Crippen LogP contribution in [0.4, 0.5) is 18.9 Å². The van der Waals surface area contributed by atoms with Gasteiger partial charge in [0.2, 0.25) is 5.91 Å². The summed E-state index contributed by atoms with van der Waals surface area (Å²) in [4.78, 5) is 26.2. The molecule has 2 amide bonds. The summed E-state index contributed by atoms with van der Waals surface area (Å²) in [6.45, 7) is 0.269. The van der Waals surface area contributed by atoms with E-state index in [1.807, 2.05) is 0 Å². The number of hydrogen-bond acceptors (Lipinski definition) is 2. The third kappa shape index (κ3) is 3.35. The van der Waals surface area contributed by atoms with Crippen LogP contribution in [0.3, 0.4) is 0 Å². The minimum Gasteiger partial charge on any atom is -0.327 e. The molecule has 1 atom stereocenters. The van der Waals surface area contributed by atoms with Gasteiger partial charge >= 0.3 is 0 Å². The lowest BCUT2D eigenvalue weighted by Crippen LogP contribution is -2.43. The molecule has 0 spiro atoms. The molecule has 1 heterocycles. The summed E-state index contributed by atoms with van der Waals surface area (Å²) >= 11 is 0. The molecule has 0 bridgehead atoms. The fraction of sp³-hybridized carbons (Fsp3) is 0.222. The molecule has 1 N–H and O–H groups in total. The summed E-state index contributed by atoms with van der Waals surface area (Å²) in [6.07, 6.45) is 0.875. The number of likely N-dealkylation sites (tertiary alicyclic amines) is 1. The number of amides is 2. The first-order valence-electron chi connectivity index (χ1n) is 7.79. The number of hydrogen-bond donors (Lipinski definition) is 1. The fourth-order valence-electron chi connectivity index (χ4n) is 2.90. The topological polar surface area (TPSA) is 49.4 Å². The van der Waals surface area contributed by atoms with E-state index >= 15 is 0 Å². The maximum atomic E-state index is 13.8. The Morgan fingerprint density at radius 1 is 0.960 bits per heavy atom. The van der Waals surface area contributed by atoms with Gasteiger partial charge in [0.15, 0.2) is 0 Å². The number of halogens is 3. The molecule has 0 aliphatic carbocycles. The summed E-state index contributed by atoms with van der Waals surface area (Å²) in [5.41, 5.74) is -0.697. The average molecular weight is 348 g/mol. The smallest absolute Gasteiger partial charge is 0.257 e. The van der Waals surface area contributed by atoms with Gasteiger partial charge in [-0.1, -0.05) is 18.2 Å². The molecule has 2 aromatic rings. The average Bonchev–Trinajstić information content (AvgIpc) is 3.08. The van der Waals surface area contributed by atoms with Crippen molar-refractivity contribution in [1.82, 2.24) is 4.90 Å². The molecule has 1 saturated heterocycles. The second-order valence-electron chi connectivity index (χ2n) is 5.72. The van der Waals surface area contributed by atoms with Crippen LogP contribution in [-0.4, -0.2) is 29.3 Å². The Morgan fingerprint density at radius 2 is 1.60 bits per heavy atom. The van der Waals surface area contributed by atoms with E-state index < -0.39 is 41.0 Å². The second-order valence-corrected chi connectivity index (χ2v) is 5.72. The zero-order valence-electron chi connectivity index (χ0n) is 13.1. The van der Waals surface area contributed by atoms with Crippen molar-refractivity contribution >= 4 is 17.5 Å². The number of nitrogens with zero attached hydrogens (tertiary/aromatic N) is 1. The van der Waals surface area contributed by atoms with Crippen molar-refractivity contribution in [3.8, 4) is 0 Å². The Bertz CT molecular complexity index is 805. The zero-order valence-corrected chi connectivity index (χ0v) is 13.1. The Kier molecular flexibility index (Phi) is 4.74. The molecule has 25 heavy (non-hydrogen) atoms. The van der Waals surface area contributed by atoms with Crippen LogP contribution in [0.5, 0.6) is 0 Å². The molecular formula is C18H15F3N2O2. The molecule has 0 aromatic heterocycles. The highest BCUT2D eigenvalue weighted by Gasteiger charge is 2.35. The molecular weight excluding hydrogens is 333 g/mol. The fourth-order valence-corrected chi connectivity index (χ4v) is 2.90. The maximum absolute atomic E-state index is 13.8. The summed E-state index contributed by atoms with van der Waals surface area (Å²) in [5, 5.41) is 2.19. The molecule has 1 aliphatic heterocycles. The minimum absolute atomic E-state index is 0.140. The molecule has 0 unspecified atom stereocenters. The number of anilines is 1. The molecule has 3 rings (SSSR count). The van der Waals surface area contributed by atoms with E-state index in [9.17, 15) is 22.8 Å². The van der Waals surface area contributed by atoms with Crippen LogP contribution in [-0.2, 0) is 4.79 Å². The molecule has 2 aromatic carbocycles. The number of rotatable bonds is 3. The van der Waals surface area contributed by atoms with E-state index in [-0.39, 0.29) is 12.1 Å². The van der Waals surface area contributed by atoms with E-state index in [4.69, 9.17) is 0 Å². The summed E-state index contributed by atoms with van der Waals surface area (Å²) in [6, 6.07) is 7.80. The van der Waals surface area contributed by atoms with Gasteiger partial charge < -0.3 is 10.2 Å². The van der Waals surface area contributed by atoms with Crippen LogP contribution >= 0.6 is 0 Å². The maximum Gasteiger partial charge on any atom is 0.257 e. The highest BCUT2D eigenvalue weighted by atomic mass is 19.1. The zero-order chi connectivity index (χ0) is 18.0. The molecule has 1 aliphatic rings. The molecule has 4 nitrogen and oxygen atoms in total. The Hall–Kier alpha value is -2.83. The van der Waals surface area contributed by atoms with Gasteiger partial charge in [0.1, 0.15) is 29.2 Å². The van der Waals surface area contributed by atoms with E-state index in [0.717, 1.165) is 18.2 Å². The second kappa shape index (κ2) is 6.96. The Balaban J connectivity index is 1.81. The van der Waals surface area contributed by atoms with Crippen molar-refractivity contribution in [2.45, 2.75) is 18.9 Å². The number of carbonyl (C=O) groups is 2. The lowest BCUT2D eigenvalue weighted by Gasteiger charge is -2.24. The Morgan fingerprint density at radius 3 is 2.28 bits per heavy atom. The predicted molar refractivity (Wildman–Crippen MR) is 85.4 cm³/mol. The third-order valence-corrected chi connectivity index (χ3v) is 4.13. The highest BCUT2D eigenvalue weighted by Crippen LogP contribution is 2.24. The predicted octanol–water partition coefficient (Wildman–Crippen LogP) is 3.35. The molecule has 7 heteroatoms. The first-order valence-corrected chi connectivity index (χ1v) is 7.79. The van der Waals surface area contributed by atoms with Gasteiger partial charge in [0.25, 0.3) is 5.91 Å². The lowest BCUT2D eigenvalue weighted by molar-refractivity contribution is -0.119. The van der Waals surface area contributed by atoms with Crippen molar-refractivity contribution in [1.29, 1.82) is 0 Å². The highest BCUT2D eigenvalue weighted by molar-refractivity contribution is 6.01. The van der Waals surface area contributed by atoms with Crippen LogP contribution in [0, 0.1) is 17.5 Å². The normalized spacial score (nSPS) is 16.8. The van der Waals surface area contributed by atoms with Crippen molar-refractivity contribution in [3.63, 3.8) is 0 Å². The van der Waals surface area contributed by atoms with Crippen molar-refractivity contribution < 1.29 is 22.8 Å². The van der Waals surface area contributed by atoms with Gasteiger partial charge in [0, 0.05) is 6.54 Å². The minimum atomic E-state index is -0.911. The van der Waals surface area contributed by atoms with Crippen molar-refractivity contribution in [2.75, 3.05) is 11.9 Å². The summed E-state index contributed by atoms with van der Waals surface area (Å²) in [5.74, 6) is -3.81. The van der Waals surface area contributed by atoms with E-state index in [2.05, 4.69) is 5.32 Å². The van der Waals surface area contributed by atoms with Crippen LogP contribution in [0.25, 0.3) is 0 Å². The van der Waals surface area contributed by atoms with Crippen LogP contribution in [0.2, 0.25) is 0 Å². The van der Waals surface area contributed by atoms with E-state index in [0.29, 0.717) is 12.8 Å². The SMILES string of the molecule is O=C(Nc1c(F)cccc1F)[C@H]1CCCN1C(=O)c1ccccc1F. The van der Waals surface area contributed by atoms with Gasteiger partial charge in [-0.2, -0.15) is 0 Å². The monoisotopic (exact) mass is 348 g/mol. The van der Waals surface area contributed by atoms with Gasteiger partial charge in [-0.05, 0) is 37.1 Å². The van der Waals surface area contributed by atoms with Crippen molar-refractivity contribution in [2.24, 2.45) is 0 Å². The van der Waals surface area contributed by atoms with Crippen LogP contribution in [0.1, 0.15) is 23.2 Å². The first-order chi connectivity index (χ1) is 12.0. The molecule has 130 valence electrons. The van der Waals surface area contributed by atoms with Gasteiger partial charge in [-0.15, -0.1) is 0 Å². The molecule has 1 fully saturated rings. The number of nitrogens with one attached hydrogen (secondary N) is 1. The van der Waals surface area contributed by atoms with Crippen LogP contribution < -0.4 is 5.32 Å². The lowest BCUT2D eigenvalue weighted by atomic mass is 10.1. The van der Waals surface area contributed by atoms with E-state index in [1.165, 1.54) is 29.2 Å². The largest absolute Gasteiger partial charge is 0.327 e. The number of para-hydroxylation sites is 1. The van der Waals surface area contributed by atoms with E-state index in [1.54, 1.807) is 0 Å². The van der Waals surface area contributed by atoms with Crippen molar-refractivity contribution in [3.05, 3.63) is 65.5 Å². The number of benzene rings is 2. The van der Waals surface area contributed by atoms with Gasteiger partial charge in [-0.25, -0.2) is 13.2 Å². The van der Waals surface area contributed by atoms with Crippen LogP contribution in [0.15, 0.2) is 42.5 Å². The molecule has 0 saturated carbocycles. The first kappa shape index (κ1) is 17.0. The molecule has 0 radical (unpaired) electrons. The standard InChI is InChI=1S/C18H15F3N2O2/c19-12-6-2-1-5-11(12)18(25)23-10-4-9-15(23)17(24)22-16-13(20)7-3-8-14(16)21/h1-3,5-8,15H,4,9-10H2,(H,22,24)/t15-/m1/s1. The summed E-state index contributed by atoms with van der Waals surface area (Å²) in [7, 11) is 0.